The van der Waals surface area contributed by atoms with E-state index in [-0.39, 0.29) is 24.0 Å². The molecular formula is C21H30N4O3. The molecule has 0 bridgehead atoms. The van der Waals surface area contributed by atoms with Gasteiger partial charge in [0.25, 0.3) is 0 Å². The molecule has 2 aliphatic heterocycles. The van der Waals surface area contributed by atoms with E-state index in [2.05, 4.69) is 22.1 Å². The summed E-state index contributed by atoms with van der Waals surface area (Å²) in [6.45, 7) is 12.0. The van der Waals surface area contributed by atoms with E-state index in [0.717, 1.165) is 23.5 Å². The van der Waals surface area contributed by atoms with Crippen molar-refractivity contribution < 1.29 is 14.3 Å². The Morgan fingerprint density at radius 3 is 2.54 bits per heavy atom. The summed E-state index contributed by atoms with van der Waals surface area (Å²) in [4.78, 5) is 33.0. The third kappa shape index (κ3) is 4.29. The second-order valence-electron chi connectivity index (χ2n) is 8.68. The minimum atomic E-state index is -0.567. The van der Waals surface area contributed by atoms with E-state index in [1.165, 1.54) is 0 Å². The number of benzene rings is 1. The molecule has 0 aliphatic carbocycles. The summed E-state index contributed by atoms with van der Waals surface area (Å²) >= 11 is 0. The van der Waals surface area contributed by atoms with Crippen LogP contribution in [0.4, 0.5) is 16.2 Å². The molecular weight excluding hydrogens is 356 g/mol. The number of aliphatic imine (C=N–C) groups is 1. The molecule has 3 atom stereocenters. The van der Waals surface area contributed by atoms with Gasteiger partial charge in [0.2, 0.25) is 5.91 Å². The summed E-state index contributed by atoms with van der Waals surface area (Å²) in [7, 11) is 0. The predicted octanol–water partition coefficient (Wildman–Crippen LogP) is 3.63. The number of amides is 2. The van der Waals surface area contributed by atoms with Crippen LogP contribution in [-0.2, 0) is 9.53 Å². The molecule has 1 aromatic rings. The van der Waals surface area contributed by atoms with Gasteiger partial charge in [0.1, 0.15) is 5.60 Å². The van der Waals surface area contributed by atoms with Gasteiger partial charge in [-0.05, 0) is 59.2 Å². The van der Waals surface area contributed by atoms with E-state index in [1.807, 2.05) is 52.2 Å². The highest BCUT2D eigenvalue weighted by molar-refractivity contribution is 5.94. The van der Waals surface area contributed by atoms with Crippen LogP contribution in [-0.4, -0.2) is 42.6 Å². The number of alkyl carbamates (subject to hydrolysis) is 1. The second-order valence-corrected chi connectivity index (χ2v) is 8.68. The first-order valence-electron chi connectivity index (χ1n) is 9.78. The largest absolute Gasteiger partial charge is 0.444 e. The lowest BCUT2D eigenvalue weighted by Crippen LogP contribution is -2.46. The summed E-state index contributed by atoms with van der Waals surface area (Å²) < 4.78 is 5.45. The number of carbonyl (C=O) groups excluding carboxylic acids is 2. The highest BCUT2D eigenvalue weighted by atomic mass is 16.6. The fourth-order valence-electron chi connectivity index (χ4n) is 3.84. The minimum Gasteiger partial charge on any atom is -0.444 e. The van der Waals surface area contributed by atoms with Gasteiger partial charge in [0, 0.05) is 36.4 Å². The maximum Gasteiger partial charge on any atom is 0.408 e. The maximum absolute atomic E-state index is 12.4. The maximum atomic E-state index is 12.4. The normalized spacial score (nSPS) is 24.1. The number of hydrogen-bond donors (Lipinski definition) is 1. The molecule has 0 spiro atoms. The summed E-state index contributed by atoms with van der Waals surface area (Å²) in [6.07, 6.45) is 2.02. The van der Waals surface area contributed by atoms with Crippen LogP contribution >= 0.6 is 0 Å². The molecule has 0 saturated carbocycles. The zero-order valence-corrected chi connectivity index (χ0v) is 17.5. The average molecular weight is 386 g/mol. The number of ether oxygens (including phenoxy) is 1. The smallest absolute Gasteiger partial charge is 0.408 e. The monoisotopic (exact) mass is 386 g/mol. The molecule has 7 nitrogen and oxygen atoms in total. The molecule has 1 aromatic carbocycles. The lowest BCUT2D eigenvalue weighted by molar-refractivity contribution is -0.117. The van der Waals surface area contributed by atoms with Crippen LogP contribution in [0.1, 0.15) is 59.6 Å². The number of nitrogens with one attached hydrogen (secondary N) is 1. The summed E-state index contributed by atoms with van der Waals surface area (Å²) in [6, 6.07) is 6.00. The van der Waals surface area contributed by atoms with Crippen molar-refractivity contribution in [3.8, 4) is 0 Å². The van der Waals surface area contributed by atoms with Gasteiger partial charge in [0.15, 0.2) is 0 Å². The average Bonchev–Trinajstić information content (AvgIpc) is 2.98. The molecule has 152 valence electrons. The van der Waals surface area contributed by atoms with Crippen LogP contribution in [0.3, 0.4) is 0 Å². The first-order chi connectivity index (χ1) is 13.0. The Bertz CT molecular complexity index is 799. The predicted molar refractivity (Wildman–Crippen MR) is 111 cm³/mol. The van der Waals surface area contributed by atoms with Gasteiger partial charge in [0.05, 0.1) is 18.4 Å². The molecule has 0 saturated heterocycles. The zero-order valence-electron chi connectivity index (χ0n) is 17.5. The van der Waals surface area contributed by atoms with Crippen molar-refractivity contribution in [1.82, 2.24) is 5.32 Å². The lowest BCUT2D eigenvalue weighted by atomic mass is 9.91. The quantitative estimate of drug-likeness (QED) is 0.842. The molecule has 2 aliphatic rings. The molecule has 0 fully saturated rings. The molecule has 0 radical (unpaired) electrons. The molecule has 28 heavy (non-hydrogen) atoms. The van der Waals surface area contributed by atoms with E-state index < -0.39 is 11.7 Å². The van der Waals surface area contributed by atoms with Crippen LogP contribution in [0.25, 0.3) is 0 Å². The van der Waals surface area contributed by atoms with Crippen molar-refractivity contribution in [2.75, 3.05) is 16.3 Å². The molecule has 0 aromatic heterocycles. The third-order valence-electron chi connectivity index (χ3n) is 4.95. The van der Waals surface area contributed by atoms with E-state index in [9.17, 15) is 9.59 Å². The van der Waals surface area contributed by atoms with E-state index in [1.54, 1.807) is 11.8 Å². The van der Waals surface area contributed by atoms with Gasteiger partial charge >= 0.3 is 6.09 Å². The summed E-state index contributed by atoms with van der Waals surface area (Å²) in [5, 5.41) is 3.00. The SMILES string of the molecule is CC(=O)N1c2ccc(N3C=NC(C)C3)cc2C(NC(=O)OC(C)(C)C)CC1C. The number of nitrogens with zero attached hydrogens (tertiary/aromatic N) is 3. The fraction of sp³-hybridized carbons (Fsp3) is 0.571. The highest BCUT2D eigenvalue weighted by Gasteiger charge is 2.34. The van der Waals surface area contributed by atoms with Crippen LogP contribution in [0, 0.1) is 0 Å². The standard InChI is InChI=1S/C21H30N4O3/c1-13-11-24(12-22-13)16-7-8-19-17(10-16)18(9-14(2)25(19)15(3)26)23-20(27)28-21(4,5)6/h7-8,10,12-14,18H,9,11H2,1-6H3,(H,23,27). The number of carbonyl (C=O) groups is 2. The van der Waals surface area contributed by atoms with Crippen molar-refractivity contribution in [3.05, 3.63) is 23.8 Å². The number of hydrogen-bond acceptors (Lipinski definition) is 5. The van der Waals surface area contributed by atoms with E-state index in [0.29, 0.717) is 6.42 Å². The van der Waals surface area contributed by atoms with Crippen molar-refractivity contribution >= 4 is 29.7 Å². The Balaban J connectivity index is 1.94. The minimum absolute atomic E-state index is 0.00595. The number of fused-ring (bicyclic) bond motifs is 1. The van der Waals surface area contributed by atoms with Crippen molar-refractivity contribution in [2.45, 2.75) is 71.7 Å². The first-order valence-corrected chi connectivity index (χ1v) is 9.78. The molecule has 3 unspecified atom stereocenters. The lowest BCUT2D eigenvalue weighted by Gasteiger charge is -2.39. The Morgan fingerprint density at radius 2 is 1.96 bits per heavy atom. The van der Waals surface area contributed by atoms with Gasteiger partial charge in [-0.2, -0.15) is 0 Å². The van der Waals surface area contributed by atoms with Gasteiger partial charge in [-0.1, -0.05) is 0 Å². The van der Waals surface area contributed by atoms with Gasteiger partial charge < -0.3 is 19.9 Å². The fourth-order valence-corrected chi connectivity index (χ4v) is 3.84. The van der Waals surface area contributed by atoms with Crippen molar-refractivity contribution in [1.29, 1.82) is 0 Å². The van der Waals surface area contributed by atoms with Gasteiger partial charge in [-0.15, -0.1) is 0 Å². The Labute approximate surface area is 166 Å². The van der Waals surface area contributed by atoms with E-state index >= 15 is 0 Å². The Kier molecular flexibility index (Phi) is 5.37. The van der Waals surface area contributed by atoms with Crippen LogP contribution in [0.5, 0.6) is 0 Å². The topological polar surface area (TPSA) is 74.2 Å². The van der Waals surface area contributed by atoms with Crippen LogP contribution < -0.4 is 15.1 Å². The molecule has 2 heterocycles. The molecule has 2 amide bonds. The van der Waals surface area contributed by atoms with E-state index in [4.69, 9.17) is 4.74 Å². The molecule has 7 heteroatoms. The summed E-state index contributed by atoms with van der Waals surface area (Å²) in [5.74, 6) is -0.00595. The zero-order chi connectivity index (χ0) is 20.6. The number of rotatable bonds is 2. The Hall–Kier alpha value is -2.57. The first kappa shape index (κ1) is 20.2. The van der Waals surface area contributed by atoms with Gasteiger partial charge in [-0.3, -0.25) is 9.79 Å². The second kappa shape index (κ2) is 7.45. The van der Waals surface area contributed by atoms with Crippen molar-refractivity contribution in [3.63, 3.8) is 0 Å². The van der Waals surface area contributed by atoms with Crippen LogP contribution in [0.15, 0.2) is 23.2 Å². The number of anilines is 2. The molecule has 1 N–H and O–H groups in total. The van der Waals surface area contributed by atoms with Crippen LogP contribution in [0.2, 0.25) is 0 Å². The third-order valence-corrected chi connectivity index (χ3v) is 4.95. The Morgan fingerprint density at radius 1 is 1.25 bits per heavy atom. The van der Waals surface area contributed by atoms with Crippen molar-refractivity contribution in [2.24, 2.45) is 4.99 Å². The highest BCUT2D eigenvalue weighted by Crippen LogP contribution is 2.39. The summed E-state index contributed by atoms with van der Waals surface area (Å²) in [5.41, 5.74) is 2.19. The van der Waals surface area contributed by atoms with Gasteiger partial charge in [-0.25, -0.2) is 4.79 Å². The molecule has 3 rings (SSSR count).